The van der Waals surface area contributed by atoms with Gasteiger partial charge in [-0.2, -0.15) is 0 Å². The standard InChI is InChI=1S/C21H18ClFN4O3S/c1-26-16-8-3-5-12(18(16)20(29)27(2)21(26)30)9-17(28)25-11-24-15(10-31)13-6-4-7-14(22)19(13)23/h3-8,10-11,15H,9H2,1-2H3,(H,24,25,28). The number of nitrogens with one attached hydrogen (secondary N) is 1. The quantitative estimate of drug-likeness (QED) is 0.348. The fourth-order valence-electron chi connectivity index (χ4n) is 3.19. The van der Waals surface area contributed by atoms with Crippen LogP contribution < -0.4 is 16.6 Å². The molecule has 0 saturated heterocycles. The van der Waals surface area contributed by atoms with Crippen molar-refractivity contribution in [2.45, 2.75) is 12.5 Å². The average Bonchev–Trinajstić information content (AvgIpc) is 2.76. The predicted molar refractivity (Wildman–Crippen MR) is 123 cm³/mol. The van der Waals surface area contributed by atoms with E-state index in [1.165, 1.54) is 29.1 Å². The molecule has 0 bridgehead atoms. The lowest BCUT2D eigenvalue weighted by Gasteiger charge is -2.11. The molecule has 0 aliphatic carbocycles. The van der Waals surface area contributed by atoms with Gasteiger partial charge in [0, 0.05) is 25.0 Å². The number of fused-ring (bicyclic) bond motifs is 1. The Balaban J connectivity index is 1.82. The van der Waals surface area contributed by atoms with Gasteiger partial charge in [-0.3, -0.25) is 23.7 Å². The third kappa shape index (κ3) is 4.47. The molecule has 1 atom stereocenters. The van der Waals surface area contributed by atoms with Crippen molar-refractivity contribution in [3.8, 4) is 0 Å². The Morgan fingerprint density at radius 2 is 1.94 bits per heavy atom. The van der Waals surface area contributed by atoms with Crippen molar-refractivity contribution in [2.24, 2.45) is 19.1 Å². The molecule has 0 saturated carbocycles. The van der Waals surface area contributed by atoms with Crippen molar-refractivity contribution in [2.75, 3.05) is 0 Å². The van der Waals surface area contributed by atoms with E-state index in [9.17, 15) is 18.8 Å². The van der Waals surface area contributed by atoms with Crippen molar-refractivity contribution in [3.05, 3.63) is 79.2 Å². The molecule has 0 fully saturated rings. The zero-order valence-electron chi connectivity index (χ0n) is 16.6. The fraction of sp³-hybridized carbons (Fsp3) is 0.190. The van der Waals surface area contributed by atoms with E-state index >= 15 is 0 Å². The third-order valence-electron chi connectivity index (χ3n) is 4.82. The molecular formula is C21H18ClFN4O3S. The van der Waals surface area contributed by atoms with E-state index in [4.69, 9.17) is 23.8 Å². The van der Waals surface area contributed by atoms with Crippen LogP contribution in [0.3, 0.4) is 0 Å². The van der Waals surface area contributed by atoms with Crippen LogP contribution in [0.4, 0.5) is 4.39 Å². The molecule has 3 rings (SSSR count). The number of hydrogen-bond donors (Lipinski definition) is 1. The maximum Gasteiger partial charge on any atom is 0.330 e. The number of thiocarbonyl (C=S) groups is 1. The van der Waals surface area contributed by atoms with E-state index in [2.05, 4.69) is 10.3 Å². The van der Waals surface area contributed by atoms with Gasteiger partial charge in [-0.1, -0.05) is 48.1 Å². The van der Waals surface area contributed by atoms with Gasteiger partial charge in [-0.25, -0.2) is 9.18 Å². The van der Waals surface area contributed by atoms with Crippen LogP contribution in [0.15, 0.2) is 51.0 Å². The van der Waals surface area contributed by atoms with Gasteiger partial charge in [0.25, 0.3) is 5.56 Å². The minimum atomic E-state index is -0.812. The third-order valence-corrected chi connectivity index (χ3v) is 5.37. The summed E-state index contributed by atoms with van der Waals surface area (Å²) in [6, 6.07) is 8.64. The first-order valence-electron chi connectivity index (χ1n) is 9.14. The van der Waals surface area contributed by atoms with Gasteiger partial charge < -0.3 is 5.32 Å². The van der Waals surface area contributed by atoms with Crippen molar-refractivity contribution in [1.29, 1.82) is 0 Å². The molecule has 1 aromatic heterocycles. The maximum atomic E-state index is 14.2. The fourth-order valence-corrected chi connectivity index (χ4v) is 3.59. The number of aliphatic imine (C=N–C) groups is 1. The zero-order valence-corrected chi connectivity index (χ0v) is 18.2. The smallest absolute Gasteiger partial charge is 0.317 e. The molecule has 10 heteroatoms. The van der Waals surface area contributed by atoms with Crippen LogP contribution in [0.2, 0.25) is 5.02 Å². The second-order valence-electron chi connectivity index (χ2n) is 6.76. The minimum Gasteiger partial charge on any atom is -0.317 e. The van der Waals surface area contributed by atoms with Gasteiger partial charge in [-0.15, -0.1) is 0 Å². The van der Waals surface area contributed by atoms with Crippen molar-refractivity contribution in [1.82, 2.24) is 14.5 Å². The number of halogens is 2. The van der Waals surface area contributed by atoms with Crippen LogP contribution in [0.25, 0.3) is 10.9 Å². The molecule has 0 aliphatic rings. The highest BCUT2D eigenvalue weighted by atomic mass is 35.5. The Morgan fingerprint density at radius 3 is 2.65 bits per heavy atom. The largest absolute Gasteiger partial charge is 0.330 e. The van der Waals surface area contributed by atoms with E-state index in [-0.39, 0.29) is 22.4 Å². The topological polar surface area (TPSA) is 85.5 Å². The van der Waals surface area contributed by atoms with Gasteiger partial charge in [0.15, 0.2) is 0 Å². The molecule has 0 aliphatic heterocycles. The molecule has 0 spiro atoms. The van der Waals surface area contributed by atoms with Crippen LogP contribution in [-0.2, 0) is 25.3 Å². The Labute approximate surface area is 186 Å². The van der Waals surface area contributed by atoms with E-state index in [1.54, 1.807) is 31.3 Å². The number of rotatable bonds is 6. The second kappa shape index (κ2) is 9.32. The van der Waals surface area contributed by atoms with Crippen LogP contribution in [0.5, 0.6) is 0 Å². The number of hydrogen-bond acceptors (Lipinski definition) is 5. The lowest BCUT2D eigenvalue weighted by atomic mass is 10.1. The maximum absolute atomic E-state index is 14.2. The second-order valence-corrected chi connectivity index (χ2v) is 7.44. The van der Waals surface area contributed by atoms with Crippen molar-refractivity contribution in [3.63, 3.8) is 0 Å². The van der Waals surface area contributed by atoms with E-state index < -0.39 is 29.0 Å². The number of aromatic nitrogens is 2. The molecule has 7 nitrogen and oxygen atoms in total. The zero-order chi connectivity index (χ0) is 22.7. The Hall–Kier alpha value is -3.17. The van der Waals surface area contributed by atoms with Crippen LogP contribution in [0.1, 0.15) is 17.2 Å². The highest BCUT2D eigenvalue weighted by Gasteiger charge is 2.15. The molecule has 3 aromatic rings. The summed E-state index contributed by atoms with van der Waals surface area (Å²) in [6.45, 7) is 0. The molecule has 0 radical (unpaired) electrons. The highest BCUT2D eigenvalue weighted by Crippen LogP contribution is 2.24. The van der Waals surface area contributed by atoms with Crippen molar-refractivity contribution < 1.29 is 9.18 Å². The first kappa shape index (κ1) is 22.5. The van der Waals surface area contributed by atoms with Gasteiger partial charge >= 0.3 is 5.69 Å². The molecule has 160 valence electrons. The van der Waals surface area contributed by atoms with Crippen LogP contribution >= 0.6 is 23.8 Å². The summed E-state index contributed by atoms with van der Waals surface area (Å²) in [7, 11) is 2.94. The SMILES string of the molecule is Cn1c(=O)c2c(CC(=O)NC=NC(C=S)c3cccc(Cl)c3F)cccc2n(C)c1=O. The first-order valence-corrected chi connectivity index (χ1v) is 9.99. The van der Waals surface area contributed by atoms with Crippen LogP contribution in [0, 0.1) is 5.82 Å². The van der Waals surface area contributed by atoms with E-state index in [1.807, 2.05) is 0 Å². The van der Waals surface area contributed by atoms with Crippen molar-refractivity contribution >= 4 is 52.3 Å². The summed E-state index contributed by atoms with van der Waals surface area (Å²) in [6.07, 6.45) is 1.01. The minimum absolute atomic E-state index is 0.0504. The first-order chi connectivity index (χ1) is 14.8. The van der Waals surface area contributed by atoms with Gasteiger partial charge in [0.2, 0.25) is 5.91 Å². The Kier molecular flexibility index (Phi) is 6.77. The average molecular weight is 461 g/mol. The lowest BCUT2D eigenvalue weighted by molar-refractivity contribution is -0.118. The van der Waals surface area contributed by atoms with Gasteiger partial charge in [0.1, 0.15) is 11.9 Å². The number of carbonyl (C=O) groups is 1. The lowest BCUT2D eigenvalue weighted by Crippen LogP contribution is -2.37. The highest BCUT2D eigenvalue weighted by molar-refractivity contribution is 7.79. The number of nitrogens with zero attached hydrogens (tertiary/aromatic N) is 3. The molecule has 1 heterocycles. The summed E-state index contributed by atoms with van der Waals surface area (Å²) in [4.78, 5) is 41.2. The summed E-state index contributed by atoms with van der Waals surface area (Å²) in [5, 5.41) is 3.99. The summed E-state index contributed by atoms with van der Waals surface area (Å²) in [5.74, 6) is -1.07. The van der Waals surface area contributed by atoms with Gasteiger partial charge in [-0.05, 0) is 17.7 Å². The van der Waals surface area contributed by atoms with E-state index in [0.29, 0.717) is 11.1 Å². The summed E-state index contributed by atoms with van der Waals surface area (Å²) >= 11 is 10.7. The summed E-state index contributed by atoms with van der Waals surface area (Å²) in [5.41, 5.74) is 0.153. The van der Waals surface area contributed by atoms with E-state index in [0.717, 1.165) is 10.9 Å². The molecule has 1 amide bonds. The molecule has 1 unspecified atom stereocenters. The normalized spacial score (nSPS) is 12.3. The number of benzene rings is 2. The van der Waals surface area contributed by atoms with Crippen LogP contribution in [-0.4, -0.2) is 26.7 Å². The number of amides is 1. The monoisotopic (exact) mass is 460 g/mol. The number of aryl methyl sites for hydroxylation is 1. The molecule has 31 heavy (non-hydrogen) atoms. The predicted octanol–water partition coefficient (Wildman–Crippen LogP) is 2.46. The molecule has 2 aromatic carbocycles. The summed E-state index contributed by atoms with van der Waals surface area (Å²) < 4.78 is 16.5. The number of carbonyl (C=O) groups excluding carboxylic acids is 1. The Morgan fingerprint density at radius 1 is 1.23 bits per heavy atom. The van der Waals surface area contributed by atoms with Gasteiger partial charge in [0.05, 0.1) is 28.7 Å². The Bertz CT molecular complexity index is 1330. The molecule has 1 N–H and O–H groups in total. The molecular weight excluding hydrogens is 443 g/mol.